The number of hydrogen-bond acceptors (Lipinski definition) is 3. The topological polar surface area (TPSA) is 41.6 Å². The summed E-state index contributed by atoms with van der Waals surface area (Å²) in [5.41, 5.74) is 2.53. The van der Waals surface area contributed by atoms with Crippen LogP contribution in [0, 0.1) is 5.92 Å². The summed E-state index contributed by atoms with van der Waals surface area (Å²) in [6.45, 7) is 2.52. The van der Waals surface area contributed by atoms with Gasteiger partial charge < -0.3 is 15.0 Å². The summed E-state index contributed by atoms with van der Waals surface area (Å²) in [6, 6.07) is 19.4. The van der Waals surface area contributed by atoms with Gasteiger partial charge in [0.2, 0.25) is 5.91 Å². The van der Waals surface area contributed by atoms with Crippen LogP contribution in [0.1, 0.15) is 49.1 Å². The van der Waals surface area contributed by atoms with Crippen LogP contribution in [-0.4, -0.2) is 49.7 Å². The Balaban J connectivity index is 1.55. The highest BCUT2D eigenvalue weighted by molar-refractivity contribution is 6.30. The molecule has 2 aromatic rings. The molecule has 1 saturated heterocycles. The maximum absolute atomic E-state index is 13.4. The Labute approximate surface area is 197 Å². The number of hydrogen-bond donors (Lipinski definition) is 1. The lowest BCUT2D eigenvalue weighted by atomic mass is 9.66. The quantitative estimate of drug-likeness (QED) is 0.538. The molecule has 1 amide bonds. The molecular weight excluding hydrogens is 420 g/mol. The van der Waals surface area contributed by atoms with Crippen molar-refractivity contribution in [3.63, 3.8) is 0 Å². The maximum atomic E-state index is 13.4. The predicted octanol–water partition coefficient (Wildman–Crippen LogP) is 5.06. The number of likely N-dealkylation sites (tertiary alicyclic amines) is 1. The Hall–Kier alpha value is -1.88. The number of carbonyl (C=O) groups excluding carboxylic acids is 1. The van der Waals surface area contributed by atoms with E-state index in [0.29, 0.717) is 24.3 Å². The van der Waals surface area contributed by atoms with E-state index in [2.05, 4.69) is 46.6 Å². The third kappa shape index (κ3) is 5.54. The largest absolute Gasteiger partial charge is 0.385 e. The zero-order valence-electron chi connectivity index (χ0n) is 19.0. The molecule has 0 bridgehead atoms. The van der Waals surface area contributed by atoms with Crippen LogP contribution in [0.3, 0.4) is 0 Å². The number of halogens is 1. The van der Waals surface area contributed by atoms with Crippen molar-refractivity contribution in [2.45, 2.75) is 56.5 Å². The first-order valence-corrected chi connectivity index (χ1v) is 12.4. The molecule has 4 nitrogen and oxygen atoms in total. The van der Waals surface area contributed by atoms with E-state index in [1.807, 2.05) is 18.2 Å². The summed E-state index contributed by atoms with van der Waals surface area (Å²) in [5, 5.41) is 4.58. The lowest BCUT2D eigenvalue weighted by Crippen LogP contribution is -2.59. The molecule has 1 heterocycles. The van der Waals surface area contributed by atoms with Gasteiger partial charge in [0.15, 0.2) is 0 Å². The lowest BCUT2D eigenvalue weighted by Gasteiger charge is -2.51. The van der Waals surface area contributed by atoms with Gasteiger partial charge in [-0.3, -0.25) is 4.79 Å². The molecule has 2 fully saturated rings. The van der Waals surface area contributed by atoms with Gasteiger partial charge in [-0.1, -0.05) is 54.1 Å². The number of piperidine rings is 1. The smallest absolute Gasteiger partial charge is 0.223 e. The summed E-state index contributed by atoms with van der Waals surface area (Å²) < 4.78 is 5.24. The van der Waals surface area contributed by atoms with Gasteiger partial charge in [-0.2, -0.15) is 0 Å². The predicted molar refractivity (Wildman–Crippen MR) is 130 cm³/mol. The Morgan fingerprint density at radius 3 is 2.62 bits per heavy atom. The molecule has 1 N–H and O–H groups in total. The Morgan fingerprint density at radius 2 is 1.88 bits per heavy atom. The first-order chi connectivity index (χ1) is 15.7. The third-order valence-corrected chi connectivity index (χ3v) is 7.47. The highest BCUT2D eigenvalue weighted by Crippen LogP contribution is 2.45. The van der Waals surface area contributed by atoms with Gasteiger partial charge in [-0.25, -0.2) is 0 Å². The van der Waals surface area contributed by atoms with Crippen molar-refractivity contribution in [2.75, 3.05) is 26.8 Å². The summed E-state index contributed by atoms with van der Waals surface area (Å²) >= 11 is 6.17. The molecule has 32 heavy (non-hydrogen) atoms. The van der Waals surface area contributed by atoms with Crippen LogP contribution in [0.5, 0.6) is 0 Å². The van der Waals surface area contributed by atoms with E-state index in [1.165, 1.54) is 17.5 Å². The van der Waals surface area contributed by atoms with E-state index in [-0.39, 0.29) is 12.0 Å². The molecule has 2 aromatic carbocycles. The fourth-order valence-electron chi connectivity index (χ4n) is 5.72. The minimum Gasteiger partial charge on any atom is -0.385 e. The molecule has 0 spiro atoms. The van der Waals surface area contributed by atoms with Crippen molar-refractivity contribution < 1.29 is 9.53 Å². The minimum atomic E-state index is 0.234. The fraction of sp³-hybridized carbons (Fsp3) is 0.519. The second kappa shape index (κ2) is 11.3. The van der Waals surface area contributed by atoms with Gasteiger partial charge in [-0.15, -0.1) is 0 Å². The van der Waals surface area contributed by atoms with Crippen molar-refractivity contribution in [3.8, 4) is 0 Å². The van der Waals surface area contributed by atoms with Crippen molar-refractivity contribution in [2.24, 2.45) is 5.92 Å². The maximum Gasteiger partial charge on any atom is 0.223 e. The van der Waals surface area contributed by atoms with Crippen LogP contribution >= 0.6 is 11.6 Å². The number of nitrogens with one attached hydrogen (secondary N) is 1. The highest BCUT2D eigenvalue weighted by Gasteiger charge is 2.47. The van der Waals surface area contributed by atoms with Gasteiger partial charge in [0, 0.05) is 49.7 Å². The summed E-state index contributed by atoms with van der Waals surface area (Å²) in [4.78, 5) is 15.6. The molecule has 1 aliphatic heterocycles. The standard InChI is InChI=1S/C27H35ClN2O2/c1-32-18-6-16-29-24-9-5-10-25-27(24)23(21-11-13-22(28)14-12-21)19-26(31)30(25)17-15-20-7-3-2-4-8-20/h2-4,7-8,11-14,23-25,27,29H,5-6,9-10,15-19H2,1H3/t23-,24+,25-,27+/m1/s1. The summed E-state index contributed by atoms with van der Waals surface area (Å²) in [7, 11) is 1.75. The highest BCUT2D eigenvalue weighted by atomic mass is 35.5. The number of fused-ring (bicyclic) bond motifs is 1. The first-order valence-electron chi connectivity index (χ1n) is 12.0. The summed E-state index contributed by atoms with van der Waals surface area (Å²) in [5.74, 6) is 0.945. The van der Waals surface area contributed by atoms with Crippen molar-refractivity contribution >= 4 is 17.5 Å². The van der Waals surface area contributed by atoms with E-state index in [0.717, 1.165) is 50.4 Å². The van der Waals surface area contributed by atoms with Crippen LogP contribution in [0.2, 0.25) is 5.02 Å². The monoisotopic (exact) mass is 454 g/mol. The molecule has 5 heteroatoms. The summed E-state index contributed by atoms with van der Waals surface area (Å²) in [6.07, 6.45) is 5.91. The molecule has 172 valence electrons. The SMILES string of the molecule is COCCCN[C@H]1CCC[C@@H]2[C@H]1[C@@H](c1ccc(Cl)cc1)CC(=O)N2CCc1ccccc1. The number of methoxy groups -OCH3 is 1. The van der Waals surface area contributed by atoms with Crippen LogP contribution in [-0.2, 0) is 16.0 Å². The molecule has 4 atom stereocenters. The zero-order valence-corrected chi connectivity index (χ0v) is 19.8. The molecule has 0 aromatic heterocycles. The van der Waals surface area contributed by atoms with Crippen molar-refractivity contribution in [3.05, 3.63) is 70.7 Å². The van der Waals surface area contributed by atoms with Gasteiger partial charge in [0.25, 0.3) is 0 Å². The number of amides is 1. The second-order valence-corrected chi connectivity index (χ2v) is 9.60. The number of rotatable bonds is 9. The average Bonchev–Trinajstić information content (AvgIpc) is 2.82. The molecule has 0 radical (unpaired) electrons. The Morgan fingerprint density at radius 1 is 1.09 bits per heavy atom. The van der Waals surface area contributed by atoms with Crippen LogP contribution in [0.15, 0.2) is 54.6 Å². The Kier molecular flexibility index (Phi) is 8.23. The Bertz CT molecular complexity index is 858. The average molecular weight is 455 g/mol. The van der Waals surface area contributed by atoms with E-state index in [9.17, 15) is 4.79 Å². The second-order valence-electron chi connectivity index (χ2n) is 9.17. The molecule has 1 saturated carbocycles. The number of benzene rings is 2. The molecular formula is C27H35ClN2O2. The number of ether oxygens (including phenoxy) is 1. The van der Waals surface area contributed by atoms with Crippen LogP contribution < -0.4 is 5.32 Å². The van der Waals surface area contributed by atoms with Crippen LogP contribution in [0.25, 0.3) is 0 Å². The molecule has 4 rings (SSSR count). The van der Waals surface area contributed by atoms with Gasteiger partial charge >= 0.3 is 0 Å². The zero-order chi connectivity index (χ0) is 22.3. The van der Waals surface area contributed by atoms with Crippen LogP contribution in [0.4, 0.5) is 0 Å². The fourth-order valence-corrected chi connectivity index (χ4v) is 5.84. The lowest BCUT2D eigenvalue weighted by molar-refractivity contribution is -0.142. The first kappa shape index (κ1) is 23.3. The third-order valence-electron chi connectivity index (χ3n) is 7.22. The molecule has 1 aliphatic carbocycles. The normalized spacial score (nSPS) is 25.6. The van der Waals surface area contributed by atoms with E-state index in [1.54, 1.807) is 7.11 Å². The molecule has 2 aliphatic rings. The van der Waals surface area contributed by atoms with E-state index >= 15 is 0 Å². The minimum absolute atomic E-state index is 0.234. The number of nitrogens with zero attached hydrogens (tertiary/aromatic N) is 1. The molecule has 0 unspecified atom stereocenters. The van der Waals surface area contributed by atoms with Gasteiger partial charge in [-0.05, 0) is 67.8 Å². The van der Waals surface area contributed by atoms with Crippen molar-refractivity contribution in [1.29, 1.82) is 0 Å². The van der Waals surface area contributed by atoms with E-state index in [4.69, 9.17) is 16.3 Å². The van der Waals surface area contributed by atoms with Gasteiger partial charge in [0.1, 0.15) is 0 Å². The number of carbonyl (C=O) groups is 1. The van der Waals surface area contributed by atoms with Crippen molar-refractivity contribution in [1.82, 2.24) is 10.2 Å². The van der Waals surface area contributed by atoms with Gasteiger partial charge in [0.05, 0.1) is 0 Å². The van der Waals surface area contributed by atoms with E-state index < -0.39 is 0 Å².